The van der Waals surface area contributed by atoms with Crippen LogP contribution in [0.3, 0.4) is 0 Å². The van der Waals surface area contributed by atoms with Crippen LogP contribution in [0.4, 0.5) is 5.69 Å². The van der Waals surface area contributed by atoms with E-state index >= 15 is 0 Å². The molecule has 1 aromatic carbocycles. The van der Waals surface area contributed by atoms with Gasteiger partial charge in [-0.05, 0) is 79.3 Å². The van der Waals surface area contributed by atoms with Gasteiger partial charge in [0.2, 0.25) is 10.0 Å². The fourth-order valence-corrected chi connectivity index (χ4v) is 5.55. The third kappa shape index (κ3) is 4.29. The summed E-state index contributed by atoms with van der Waals surface area (Å²) in [5.41, 5.74) is 4.65. The van der Waals surface area contributed by atoms with Crippen molar-refractivity contribution in [2.24, 2.45) is 0 Å². The van der Waals surface area contributed by atoms with Crippen molar-refractivity contribution in [2.75, 3.05) is 24.2 Å². The largest absolute Gasteiger partial charge is 0.382 e. The van der Waals surface area contributed by atoms with Gasteiger partial charge in [-0.15, -0.1) is 0 Å². The van der Waals surface area contributed by atoms with Crippen LogP contribution in [0.5, 0.6) is 0 Å². The first kappa shape index (κ1) is 20.4. The van der Waals surface area contributed by atoms with E-state index in [9.17, 15) is 8.42 Å². The van der Waals surface area contributed by atoms with E-state index in [1.807, 2.05) is 30.9 Å². The number of hydrogen-bond acceptors (Lipinski definition) is 5. The summed E-state index contributed by atoms with van der Waals surface area (Å²) in [5.74, 6) is 0.830. The van der Waals surface area contributed by atoms with Crippen molar-refractivity contribution in [3.05, 3.63) is 54.6 Å². The van der Waals surface area contributed by atoms with Gasteiger partial charge in [0.25, 0.3) is 0 Å². The maximum absolute atomic E-state index is 12.2. The van der Waals surface area contributed by atoms with Crippen LogP contribution in [0, 0.1) is 0 Å². The molecule has 1 aliphatic carbocycles. The van der Waals surface area contributed by atoms with E-state index in [4.69, 9.17) is 0 Å². The maximum Gasteiger partial charge on any atom is 0.213 e. The lowest BCUT2D eigenvalue weighted by atomic mass is 9.99. The first-order valence-electron chi connectivity index (χ1n) is 11.1. The predicted octanol–water partition coefficient (Wildman–Crippen LogP) is 4.40. The summed E-state index contributed by atoms with van der Waals surface area (Å²) in [6.07, 6.45) is 11.8. The first-order chi connectivity index (χ1) is 15.0. The number of benzene rings is 1. The number of nitrogens with one attached hydrogen (secondary N) is 1. The molecular formula is C24H28N4O2S. The van der Waals surface area contributed by atoms with Gasteiger partial charge in [-0.2, -0.15) is 0 Å². The fourth-order valence-electron chi connectivity index (χ4n) is 4.42. The summed E-state index contributed by atoms with van der Waals surface area (Å²) in [5, 5.41) is 5.91. The number of fused-ring (bicyclic) bond motifs is 1. The van der Waals surface area contributed by atoms with Crippen LogP contribution in [-0.4, -0.2) is 47.6 Å². The summed E-state index contributed by atoms with van der Waals surface area (Å²) in [6, 6.07) is 8.93. The number of anilines is 1. The molecule has 1 N–H and O–H groups in total. The Morgan fingerprint density at radius 1 is 1.00 bits per heavy atom. The standard InChI is InChI=1S/C24H28N4O2S/c1-2-31(29,30)28-9-6-22(7-10-28)27-24-13-19(11-18-5-8-25-16-23(18)24)21-12-20(14-26-15-21)17-3-4-17/h5,8,11-17,22,27H,2-4,6-7,9-10H2,1H3. The van der Waals surface area contributed by atoms with E-state index in [0.29, 0.717) is 19.0 Å². The van der Waals surface area contributed by atoms with E-state index in [1.165, 1.54) is 18.4 Å². The predicted molar refractivity (Wildman–Crippen MR) is 125 cm³/mol. The van der Waals surface area contributed by atoms with Crippen molar-refractivity contribution < 1.29 is 8.42 Å². The third-order valence-corrected chi connectivity index (χ3v) is 8.35. The number of hydrogen-bond donors (Lipinski definition) is 1. The number of sulfonamides is 1. The van der Waals surface area contributed by atoms with Crippen molar-refractivity contribution in [2.45, 2.75) is 44.6 Å². The molecular weight excluding hydrogens is 408 g/mol. The lowest BCUT2D eigenvalue weighted by molar-refractivity contribution is 0.330. The van der Waals surface area contributed by atoms with Crippen molar-refractivity contribution in [3.63, 3.8) is 0 Å². The number of aromatic nitrogens is 2. The highest BCUT2D eigenvalue weighted by Gasteiger charge is 2.27. The number of rotatable bonds is 6. The topological polar surface area (TPSA) is 75.2 Å². The Morgan fingerprint density at radius 2 is 1.81 bits per heavy atom. The normalized spacial score (nSPS) is 18.4. The second-order valence-electron chi connectivity index (χ2n) is 8.62. The highest BCUT2D eigenvalue weighted by atomic mass is 32.2. The Hall–Kier alpha value is -2.51. The monoisotopic (exact) mass is 436 g/mol. The quantitative estimate of drug-likeness (QED) is 0.620. The molecule has 0 spiro atoms. The van der Waals surface area contributed by atoms with Crippen LogP contribution in [0.1, 0.15) is 44.1 Å². The van der Waals surface area contributed by atoms with Gasteiger partial charge in [0.05, 0.1) is 5.75 Å². The van der Waals surface area contributed by atoms with Crippen LogP contribution in [0.2, 0.25) is 0 Å². The minimum atomic E-state index is -3.11. The average molecular weight is 437 g/mol. The Labute approximate surface area is 183 Å². The molecule has 0 bridgehead atoms. The van der Waals surface area contributed by atoms with Gasteiger partial charge in [-0.25, -0.2) is 12.7 Å². The number of pyridine rings is 2. The molecule has 1 aliphatic heterocycles. The molecule has 2 fully saturated rings. The zero-order chi connectivity index (χ0) is 21.4. The zero-order valence-electron chi connectivity index (χ0n) is 17.8. The Morgan fingerprint density at radius 3 is 2.55 bits per heavy atom. The molecule has 1 saturated carbocycles. The fraction of sp³-hybridized carbons (Fsp3) is 0.417. The summed E-state index contributed by atoms with van der Waals surface area (Å²) in [7, 11) is -3.11. The molecule has 31 heavy (non-hydrogen) atoms. The summed E-state index contributed by atoms with van der Waals surface area (Å²) in [4.78, 5) is 8.82. The third-order valence-electron chi connectivity index (χ3n) is 6.47. The van der Waals surface area contributed by atoms with Gasteiger partial charge < -0.3 is 5.32 Å². The number of nitrogens with zero attached hydrogens (tertiary/aromatic N) is 3. The van der Waals surface area contributed by atoms with Crippen LogP contribution >= 0.6 is 0 Å². The molecule has 2 aliphatic rings. The Kier molecular flexibility index (Phi) is 5.40. The molecule has 3 heterocycles. The second-order valence-corrected chi connectivity index (χ2v) is 10.9. The molecule has 5 rings (SSSR count). The van der Waals surface area contributed by atoms with Crippen molar-refractivity contribution in [3.8, 4) is 11.1 Å². The molecule has 1 saturated heterocycles. The zero-order valence-corrected chi connectivity index (χ0v) is 18.6. The molecule has 0 atom stereocenters. The Balaban J connectivity index is 1.43. The second kappa shape index (κ2) is 8.20. The van der Waals surface area contributed by atoms with Crippen molar-refractivity contribution >= 4 is 26.5 Å². The summed E-state index contributed by atoms with van der Waals surface area (Å²) < 4.78 is 26.0. The van der Waals surface area contributed by atoms with Crippen molar-refractivity contribution in [1.29, 1.82) is 0 Å². The van der Waals surface area contributed by atoms with Gasteiger partial charge in [-0.1, -0.05) is 0 Å². The molecule has 162 valence electrons. The van der Waals surface area contributed by atoms with E-state index in [2.05, 4.69) is 33.5 Å². The van der Waals surface area contributed by atoms with E-state index in [1.54, 1.807) is 11.2 Å². The van der Waals surface area contributed by atoms with Gasteiger partial charge in [0.1, 0.15) is 0 Å². The van der Waals surface area contributed by atoms with Gasteiger partial charge in [-0.3, -0.25) is 9.97 Å². The van der Waals surface area contributed by atoms with Gasteiger partial charge in [0, 0.05) is 60.6 Å². The van der Waals surface area contributed by atoms with Gasteiger partial charge >= 0.3 is 0 Å². The van der Waals surface area contributed by atoms with E-state index in [-0.39, 0.29) is 11.8 Å². The molecule has 0 unspecified atom stereocenters. The average Bonchev–Trinajstić information content (AvgIpc) is 3.65. The Bertz CT molecular complexity index is 1200. The van der Waals surface area contributed by atoms with Gasteiger partial charge in [0.15, 0.2) is 0 Å². The van der Waals surface area contributed by atoms with Crippen LogP contribution < -0.4 is 5.32 Å². The molecule has 0 amide bonds. The highest BCUT2D eigenvalue weighted by molar-refractivity contribution is 7.89. The van der Waals surface area contributed by atoms with Crippen LogP contribution in [-0.2, 0) is 10.0 Å². The summed E-state index contributed by atoms with van der Waals surface area (Å²) in [6.45, 7) is 2.84. The maximum atomic E-state index is 12.2. The molecule has 3 aromatic rings. The van der Waals surface area contributed by atoms with Crippen molar-refractivity contribution in [1.82, 2.24) is 14.3 Å². The van der Waals surface area contributed by atoms with Crippen LogP contribution in [0.15, 0.2) is 49.1 Å². The van der Waals surface area contributed by atoms with E-state index in [0.717, 1.165) is 40.4 Å². The molecule has 6 nitrogen and oxygen atoms in total. The lowest BCUT2D eigenvalue weighted by Gasteiger charge is -2.32. The highest BCUT2D eigenvalue weighted by Crippen LogP contribution is 2.41. The minimum Gasteiger partial charge on any atom is -0.382 e. The van der Waals surface area contributed by atoms with E-state index < -0.39 is 10.0 Å². The molecule has 2 aromatic heterocycles. The lowest BCUT2D eigenvalue weighted by Crippen LogP contribution is -2.42. The smallest absolute Gasteiger partial charge is 0.213 e. The summed E-state index contributed by atoms with van der Waals surface area (Å²) >= 11 is 0. The minimum absolute atomic E-state index is 0.164. The first-order valence-corrected chi connectivity index (χ1v) is 12.7. The SMILES string of the molecule is CCS(=O)(=O)N1CCC(Nc2cc(-c3cncc(C4CC4)c3)cc3ccncc23)CC1. The molecule has 7 heteroatoms. The number of piperidine rings is 1. The molecule has 0 radical (unpaired) electrons. The van der Waals surface area contributed by atoms with Crippen LogP contribution in [0.25, 0.3) is 21.9 Å².